The van der Waals surface area contributed by atoms with Crippen LogP contribution in [0.5, 0.6) is 0 Å². The smallest absolute Gasteiger partial charge is 0.0217 e. The Balaban J connectivity index is 1.63. The molecule has 0 aliphatic heterocycles. The van der Waals surface area contributed by atoms with E-state index in [1.54, 1.807) is 11.1 Å². The van der Waals surface area contributed by atoms with Gasteiger partial charge in [0.2, 0.25) is 0 Å². The summed E-state index contributed by atoms with van der Waals surface area (Å²) in [4.78, 5) is 0. The van der Waals surface area contributed by atoms with E-state index in [-0.39, 0.29) is 5.41 Å². The maximum atomic E-state index is 2.53. The topological polar surface area (TPSA) is 0 Å². The molecule has 122 valence electrons. The highest BCUT2D eigenvalue weighted by atomic mass is 14.6. The van der Waals surface area contributed by atoms with Crippen LogP contribution in [0, 0.1) is 23.7 Å². The van der Waals surface area contributed by atoms with Gasteiger partial charge in [-0.2, -0.15) is 0 Å². The van der Waals surface area contributed by atoms with E-state index in [1.807, 2.05) is 0 Å². The van der Waals surface area contributed by atoms with Crippen LogP contribution < -0.4 is 0 Å². The van der Waals surface area contributed by atoms with Crippen molar-refractivity contribution in [1.29, 1.82) is 0 Å². The average molecular weight is 314 g/mol. The standard InChI is InChI=1S/C24H26/c1-3-4-5-9-22-16(2)19-8-6-7-10-23(19)24(22)14-20-17-11-12-18(13-17)21(20)15-24/h3-12,17-18,20-21H,13-15H2,1-2H3/b4-3-,9-5-. The van der Waals surface area contributed by atoms with Crippen LogP contribution in [-0.2, 0) is 5.41 Å². The summed E-state index contributed by atoms with van der Waals surface area (Å²) in [6.45, 7) is 4.43. The lowest BCUT2D eigenvalue weighted by atomic mass is 9.73. The van der Waals surface area contributed by atoms with Gasteiger partial charge in [0.1, 0.15) is 0 Å². The Bertz CT molecular complexity index is 781. The predicted molar refractivity (Wildman–Crippen MR) is 102 cm³/mol. The highest BCUT2D eigenvalue weighted by molar-refractivity contribution is 5.82. The molecule has 0 N–H and O–H groups in total. The van der Waals surface area contributed by atoms with Crippen LogP contribution in [0.15, 0.2) is 66.3 Å². The SMILES string of the molecule is C/C=C\C=C/C1=C(C)c2ccccc2C12CC1C3C=CC(C3)C1C2. The molecular weight excluding hydrogens is 288 g/mol. The Morgan fingerprint density at radius 1 is 1.00 bits per heavy atom. The molecule has 4 aliphatic carbocycles. The molecule has 1 aromatic rings. The van der Waals surface area contributed by atoms with E-state index >= 15 is 0 Å². The molecule has 4 unspecified atom stereocenters. The molecule has 4 atom stereocenters. The fraction of sp³-hybridized carbons (Fsp3) is 0.417. The van der Waals surface area contributed by atoms with Crippen molar-refractivity contribution in [2.24, 2.45) is 23.7 Å². The Morgan fingerprint density at radius 3 is 2.42 bits per heavy atom. The predicted octanol–water partition coefficient (Wildman–Crippen LogP) is 6.08. The summed E-state index contributed by atoms with van der Waals surface area (Å²) in [6, 6.07) is 9.19. The minimum atomic E-state index is 0.275. The van der Waals surface area contributed by atoms with E-state index < -0.39 is 0 Å². The number of rotatable bonds is 2. The lowest BCUT2D eigenvalue weighted by molar-refractivity contribution is 0.364. The Labute approximate surface area is 145 Å². The zero-order chi connectivity index (χ0) is 16.3. The summed E-state index contributed by atoms with van der Waals surface area (Å²) in [6.07, 6.45) is 18.1. The lowest BCUT2D eigenvalue weighted by Gasteiger charge is -2.30. The number of hydrogen-bond donors (Lipinski definition) is 0. The molecule has 0 nitrogen and oxygen atoms in total. The molecule has 2 saturated carbocycles. The zero-order valence-corrected chi connectivity index (χ0v) is 14.7. The molecule has 0 saturated heterocycles. The summed E-state index contributed by atoms with van der Waals surface area (Å²) in [5, 5.41) is 0. The summed E-state index contributed by atoms with van der Waals surface area (Å²) < 4.78 is 0. The van der Waals surface area contributed by atoms with Crippen LogP contribution in [0.2, 0.25) is 0 Å². The molecule has 0 aromatic heterocycles. The summed E-state index contributed by atoms with van der Waals surface area (Å²) >= 11 is 0. The monoisotopic (exact) mass is 314 g/mol. The van der Waals surface area contributed by atoms with Gasteiger partial charge in [-0.05, 0) is 79.1 Å². The molecule has 2 fully saturated rings. The number of fused-ring (bicyclic) bond motifs is 7. The maximum Gasteiger partial charge on any atom is 0.0217 e. The third-order valence-corrected chi connectivity index (χ3v) is 7.30. The van der Waals surface area contributed by atoms with Crippen LogP contribution in [0.4, 0.5) is 0 Å². The van der Waals surface area contributed by atoms with E-state index in [4.69, 9.17) is 0 Å². The molecule has 0 heteroatoms. The molecule has 0 amide bonds. The van der Waals surface area contributed by atoms with Gasteiger partial charge in [0.25, 0.3) is 0 Å². The van der Waals surface area contributed by atoms with Crippen molar-refractivity contribution in [3.63, 3.8) is 0 Å². The van der Waals surface area contributed by atoms with Crippen LogP contribution in [-0.4, -0.2) is 0 Å². The summed E-state index contributed by atoms with van der Waals surface area (Å²) in [7, 11) is 0. The number of benzene rings is 1. The fourth-order valence-corrected chi connectivity index (χ4v) is 6.38. The third kappa shape index (κ3) is 1.75. The van der Waals surface area contributed by atoms with E-state index in [0.29, 0.717) is 0 Å². The highest BCUT2D eigenvalue weighted by Crippen LogP contribution is 2.66. The fourth-order valence-electron chi connectivity index (χ4n) is 6.38. The number of allylic oxidation sites excluding steroid dienone is 8. The minimum Gasteiger partial charge on any atom is -0.0877 e. The molecule has 0 heterocycles. The molecule has 5 rings (SSSR count). The van der Waals surface area contributed by atoms with Crippen LogP contribution in [0.1, 0.15) is 44.2 Å². The Hall–Kier alpha value is -1.82. The van der Waals surface area contributed by atoms with Crippen molar-refractivity contribution < 1.29 is 0 Å². The van der Waals surface area contributed by atoms with Gasteiger partial charge < -0.3 is 0 Å². The molecule has 2 bridgehead atoms. The largest absolute Gasteiger partial charge is 0.0877 e. The second-order valence-electron chi connectivity index (χ2n) is 8.24. The van der Waals surface area contributed by atoms with Gasteiger partial charge in [0.15, 0.2) is 0 Å². The van der Waals surface area contributed by atoms with Gasteiger partial charge in [0.05, 0.1) is 0 Å². The lowest BCUT2D eigenvalue weighted by Crippen LogP contribution is -2.24. The Morgan fingerprint density at radius 2 is 1.71 bits per heavy atom. The first kappa shape index (κ1) is 14.5. The van der Waals surface area contributed by atoms with Crippen LogP contribution in [0.3, 0.4) is 0 Å². The van der Waals surface area contributed by atoms with Gasteiger partial charge in [0, 0.05) is 5.41 Å². The molecule has 0 radical (unpaired) electrons. The third-order valence-electron chi connectivity index (χ3n) is 7.30. The van der Waals surface area contributed by atoms with E-state index in [9.17, 15) is 0 Å². The first-order valence-electron chi connectivity index (χ1n) is 9.53. The van der Waals surface area contributed by atoms with Crippen LogP contribution in [0.25, 0.3) is 5.57 Å². The molecule has 1 aromatic carbocycles. The first-order chi connectivity index (χ1) is 11.7. The van der Waals surface area contributed by atoms with Gasteiger partial charge in [-0.1, -0.05) is 60.7 Å². The van der Waals surface area contributed by atoms with Gasteiger partial charge >= 0.3 is 0 Å². The van der Waals surface area contributed by atoms with Crippen LogP contribution >= 0.6 is 0 Å². The van der Waals surface area contributed by atoms with Crippen molar-refractivity contribution in [1.82, 2.24) is 0 Å². The van der Waals surface area contributed by atoms with Gasteiger partial charge in [-0.3, -0.25) is 0 Å². The van der Waals surface area contributed by atoms with Gasteiger partial charge in [-0.15, -0.1) is 0 Å². The molecular formula is C24H26. The first-order valence-corrected chi connectivity index (χ1v) is 9.53. The number of hydrogen-bond acceptors (Lipinski definition) is 0. The van der Waals surface area contributed by atoms with Crippen molar-refractivity contribution in [3.8, 4) is 0 Å². The van der Waals surface area contributed by atoms with E-state index in [0.717, 1.165) is 23.7 Å². The quantitative estimate of drug-likeness (QED) is 0.458. The second-order valence-corrected chi connectivity index (χ2v) is 8.24. The zero-order valence-electron chi connectivity index (χ0n) is 14.7. The van der Waals surface area contributed by atoms with Crippen molar-refractivity contribution in [2.75, 3.05) is 0 Å². The normalized spacial score (nSPS) is 39.1. The van der Waals surface area contributed by atoms with Gasteiger partial charge in [-0.25, -0.2) is 0 Å². The minimum absolute atomic E-state index is 0.275. The molecule has 24 heavy (non-hydrogen) atoms. The second kappa shape index (κ2) is 5.09. The average Bonchev–Trinajstić information content (AvgIpc) is 3.33. The molecule has 1 spiro atoms. The van der Waals surface area contributed by atoms with Crippen molar-refractivity contribution in [2.45, 2.75) is 38.5 Å². The molecule has 4 aliphatic rings. The highest BCUT2D eigenvalue weighted by Gasteiger charge is 2.58. The van der Waals surface area contributed by atoms with Crippen molar-refractivity contribution in [3.05, 3.63) is 77.4 Å². The maximum absolute atomic E-state index is 2.53. The van der Waals surface area contributed by atoms with Crippen molar-refractivity contribution >= 4 is 5.57 Å². The summed E-state index contributed by atoms with van der Waals surface area (Å²) in [5.74, 6) is 3.52. The summed E-state index contributed by atoms with van der Waals surface area (Å²) in [5.41, 5.74) is 6.48. The van der Waals surface area contributed by atoms with E-state index in [2.05, 4.69) is 74.6 Å². The Kier molecular flexibility index (Phi) is 3.08. The van der Waals surface area contributed by atoms with E-state index in [1.165, 1.54) is 30.4 Å².